The highest BCUT2D eigenvalue weighted by molar-refractivity contribution is 7.92. The van der Waals surface area contributed by atoms with E-state index in [2.05, 4.69) is 5.32 Å². The van der Waals surface area contributed by atoms with Gasteiger partial charge < -0.3 is 10.1 Å². The van der Waals surface area contributed by atoms with Gasteiger partial charge in [-0.25, -0.2) is 8.42 Å². The molecule has 0 radical (unpaired) electrons. The normalized spacial score (nSPS) is 11.2. The van der Waals surface area contributed by atoms with E-state index in [1.165, 1.54) is 10.6 Å². The maximum atomic E-state index is 12.5. The van der Waals surface area contributed by atoms with Crippen LogP contribution in [0.2, 0.25) is 0 Å². The zero-order chi connectivity index (χ0) is 24.0. The first-order valence-electron chi connectivity index (χ1n) is 10.7. The van der Waals surface area contributed by atoms with Gasteiger partial charge in [-0.3, -0.25) is 9.10 Å². The average Bonchev–Trinajstić information content (AvgIpc) is 2.74. The van der Waals surface area contributed by atoms with Crippen LogP contribution in [0.15, 0.2) is 66.7 Å². The summed E-state index contributed by atoms with van der Waals surface area (Å²) in [4.78, 5) is 12.4. The van der Waals surface area contributed by atoms with Crippen molar-refractivity contribution >= 4 is 21.6 Å². The third-order valence-electron chi connectivity index (χ3n) is 5.08. The second kappa shape index (κ2) is 10.5. The predicted octanol–water partition coefficient (Wildman–Crippen LogP) is 4.39. The van der Waals surface area contributed by atoms with E-state index >= 15 is 0 Å². The lowest BCUT2D eigenvalue weighted by atomic mass is 10.1. The van der Waals surface area contributed by atoms with E-state index in [-0.39, 0.29) is 12.5 Å². The largest absolute Gasteiger partial charge is 0.492 e. The van der Waals surface area contributed by atoms with Crippen LogP contribution in [0.1, 0.15) is 32.6 Å². The third kappa shape index (κ3) is 7.08. The maximum Gasteiger partial charge on any atom is 0.251 e. The van der Waals surface area contributed by atoms with Crippen molar-refractivity contribution in [1.82, 2.24) is 5.32 Å². The first kappa shape index (κ1) is 24.3. The van der Waals surface area contributed by atoms with E-state index in [0.29, 0.717) is 24.4 Å². The molecule has 3 rings (SSSR count). The van der Waals surface area contributed by atoms with Crippen LogP contribution in [-0.4, -0.2) is 33.7 Å². The number of aryl methyl sites for hydroxylation is 3. The van der Waals surface area contributed by atoms with Crippen molar-refractivity contribution < 1.29 is 17.9 Å². The van der Waals surface area contributed by atoms with E-state index < -0.39 is 10.0 Å². The third-order valence-corrected chi connectivity index (χ3v) is 6.22. The Labute approximate surface area is 196 Å². The summed E-state index contributed by atoms with van der Waals surface area (Å²) in [5, 5.41) is 2.84. The Morgan fingerprint density at radius 1 is 0.909 bits per heavy atom. The molecule has 7 heteroatoms. The highest BCUT2D eigenvalue weighted by atomic mass is 32.2. The Morgan fingerprint density at radius 3 is 2.18 bits per heavy atom. The Bertz CT molecular complexity index is 1200. The SMILES string of the molecule is Cc1cccc(OCCNC(=O)c2ccc(CN(c3cc(C)cc(C)c3)S(C)(=O)=O)cc2)c1. The molecular weight excluding hydrogens is 436 g/mol. The molecule has 0 spiro atoms. The molecule has 33 heavy (non-hydrogen) atoms. The van der Waals surface area contributed by atoms with Crippen LogP contribution in [0.25, 0.3) is 0 Å². The van der Waals surface area contributed by atoms with Gasteiger partial charge in [0.05, 0.1) is 25.0 Å². The van der Waals surface area contributed by atoms with Crippen molar-refractivity contribution in [3.63, 3.8) is 0 Å². The molecule has 0 bridgehead atoms. The van der Waals surface area contributed by atoms with E-state index in [9.17, 15) is 13.2 Å². The number of nitrogens with one attached hydrogen (secondary N) is 1. The van der Waals surface area contributed by atoms with Gasteiger partial charge in [-0.2, -0.15) is 0 Å². The summed E-state index contributed by atoms with van der Waals surface area (Å²) in [7, 11) is -3.48. The zero-order valence-electron chi connectivity index (χ0n) is 19.5. The number of sulfonamides is 1. The van der Waals surface area contributed by atoms with Crippen LogP contribution in [0, 0.1) is 20.8 Å². The van der Waals surface area contributed by atoms with Gasteiger partial charge in [0.25, 0.3) is 5.91 Å². The van der Waals surface area contributed by atoms with Crippen molar-refractivity contribution in [3.05, 3.63) is 94.5 Å². The van der Waals surface area contributed by atoms with Gasteiger partial charge in [0.1, 0.15) is 12.4 Å². The Morgan fingerprint density at radius 2 is 1.58 bits per heavy atom. The molecule has 0 unspecified atom stereocenters. The molecule has 6 nitrogen and oxygen atoms in total. The summed E-state index contributed by atoms with van der Waals surface area (Å²) in [5.41, 5.74) is 5.04. The summed E-state index contributed by atoms with van der Waals surface area (Å²) < 4.78 is 31.9. The van der Waals surface area contributed by atoms with Crippen LogP contribution in [-0.2, 0) is 16.6 Å². The van der Waals surface area contributed by atoms with Crippen LogP contribution in [0.5, 0.6) is 5.75 Å². The minimum Gasteiger partial charge on any atom is -0.492 e. The lowest BCUT2D eigenvalue weighted by molar-refractivity contribution is 0.0947. The molecule has 0 atom stereocenters. The molecule has 1 amide bonds. The van der Waals surface area contributed by atoms with Crippen molar-refractivity contribution in [2.75, 3.05) is 23.7 Å². The van der Waals surface area contributed by atoms with Gasteiger partial charge in [0, 0.05) is 5.56 Å². The number of amides is 1. The van der Waals surface area contributed by atoms with Crippen LogP contribution in [0.3, 0.4) is 0 Å². The summed E-state index contributed by atoms with van der Waals surface area (Å²) in [6, 6.07) is 20.4. The van der Waals surface area contributed by atoms with E-state index in [1.54, 1.807) is 24.3 Å². The van der Waals surface area contributed by atoms with Crippen molar-refractivity contribution in [3.8, 4) is 5.75 Å². The minimum atomic E-state index is -3.48. The molecule has 3 aromatic carbocycles. The molecule has 0 saturated carbocycles. The summed E-state index contributed by atoms with van der Waals surface area (Å²) >= 11 is 0. The number of carbonyl (C=O) groups excluding carboxylic acids is 1. The van der Waals surface area contributed by atoms with Gasteiger partial charge in [-0.05, 0) is 79.4 Å². The Hall–Kier alpha value is -3.32. The van der Waals surface area contributed by atoms with Crippen LogP contribution >= 0.6 is 0 Å². The second-order valence-electron chi connectivity index (χ2n) is 8.23. The molecule has 1 N–H and O–H groups in total. The topological polar surface area (TPSA) is 75.7 Å². The molecule has 0 aliphatic rings. The number of carbonyl (C=O) groups is 1. The second-order valence-corrected chi connectivity index (χ2v) is 10.1. The smallest absolute Gasteiger partial charge is 0.251 e. The Kier molecular flexibility index (Phi) is 7.76. The van der Waals surface area contributed by atoms with Gasteiger partial charge in [0.2, 0.25) is 10.0 Å². The van der Waals surface area contributed by atoms with E-state index in [4.69, 9.17) is 4.74 Å². The fraction of sp³-hybridized carbons (Fsp3) is 0.269. The van der Waals surface area contributed by atoms with E-state index in [0.717, 1.165) is 28.0 Å². The van der Waals surface area contributed by atoms with Crippen LogP contribution < -0.4 is 14.4 Å². The van der Waals surface area contributed by atoms with Crippen molar-refractivity contribution in [1.29, 1.82) is 0 Å². The lowest BCUT2D eigenvalue weighted by Gasteiger charge is -2.23. The van der Waals surface area contributed by atoms with Gasteiger partial charge >= 0.3 is 0 Å². The summed E-state index contributed by atoms with van der Waals surface area (Å²) in [5.74, 6) is 0.566. The molecule has 0 fully saturated rings. The number of benzene rings is 3. The lowest BCUT2D eigenvalue weighted by Crippen LogP contribution is -2.30. The molecule has 0 aliphatic carbocycles. The number of anilines is 1. The molecule has 0 aliphatic heterocycles. The number of rotatable bonds is 9. The molecule has 0 saturated heterocycles. The number of nitrogens with zero attached hydrogens (tertiary/aromatic N) is 1. The van der Waals surface area contributed by atoms with Gasteiger partial charge in [-0.15, -0.1) is 0 Å². The molecule has 174 valence electrons. The first-order chi connectivity index (χ1) is 15.6. The quantitative estimate of drug-likeness (QED) is 0.475. The van der Waals surface area contributed by atoms with E-state index in [1.807, 2.05) is 63.2 Å². The Balaban J connectivity index is 1.60. The molecule has 0 heterocycles. The predicted molar refractivity (Wildman–Crippen MR) is 132 cm³/mol. The number of hydrogen-bond acceptors (Lipinski definition) is 4. The fourth-order valence-electron chi connectivity index (χ4n) is 3.56. The molecule has 3 aromatic rings. The monoisotopic (exact) mass is 466 g/mol. The van der Waals surface area contributed by atoms with Crippen molar-refractivity contribution in [2.24, 2.45) is 0 Å². The molecular formula is C26H30N2O4S. The summed E-state index contributed by atoms with van der Waals surface area (Å²) in [6.07, 6.45) is 1.20. The average molecular weight is 467 g/mol. The van der Waals surface area contributed by atoms with Gasteiger partial charge in [-0.1, -0.05) is 30.3 Å². The highest BCUT2D eigenvalue weighted by Crippen LogP contribution is 2.23. The van der Waals surface area contributed by atoms with Gasteiger partial charge in [0.15, 0.2) is 0 Å². The molecule has 0 aromatic heterocycles. The number of ether oxygens (including phenoxy) is 1. The highest BCUT2D eigenvalue weighted by Gasteiger charge is 2.19. The first-order valence-corrected chi connectivity index (χ1v) is 12.6. The fourth-order valence-corrected chi connectivity index (χ4v) is 4.43. The minimum absolute atomic E-state index is 0.188. The van der Waals surface area contributed by atoms with Crippen LogP contribution in [0.4, 0.5) is 5.69 Å². The standard InChI is InChI=1S/C26H30N2O4S/c1-19-6-5-7-25(17-19)32-13-12-27-26(29)23-10-8-22(9-11-23)18-28(33(4,30)31)24-15-20(2)14-21(3)16-24/h5-11,14-17H,12-13,18H2,1-4H3,(H,27,29). The van der Waals surface area contributed by atoms with Crippen molar-refractivity contribution in [2.45, 2.75) is 27.3 Å². The summed E-state index contributed by atoms with van der Waals surface area (Å²) in [6.45, 7) is 6.81. The zero-order valence-corrected chi connectivity index (χ0v) is 20.3. The maximum absolute atomic E-state index is 12.5. The number of hydrogen-bond donors (Lipinski definition) is 1.